The quantitative estimate of drug-likeness (QED) is 0.856. The van der Waals surface area contributed by atoms with Crippen molar-refractivity contribution in [1.29, 1.82) is 0 Å². The predicted molar refractivity (Wildman–Crippen MR) is 80.2 cm³/mol. The number of methoxy groups -OCH3 is 1. The van der Waals surface area contributed by atoms with Crippen LogP contribution in [-0.4, -0.2) is 46.9 Å². The minimum Gasteiger partial charge on any atom is -0.381 e. The molecule has 5 nitrogen and oxygen atoms in total. The minimum atomic E-state index is 0.0280. The second-order valence-corrected chi connectivity index (χ2v) is 6.75. The largest absolute Gasteiger partial charge is 0.381 e. The molecule has 1 heterocycles. The molecular weight excluding hydrogens is 266 g/mol. The highest BCUT2D eigenvalue weighted by Gasteiger charge is 2.60. The van der Waals surface area contributed by atoms with Crippen LogP contribution in [0, 0.1) is 5.41 Å². The number of hydrogen-bond donors (Lipinski definition) is 0. The zero-order valence-electron chi connectivity index (χ0n) is 13.4. The third-order valence-electron chi connectivity index (χ3n) is 5.46. The Bertz CT molecular complexity index is 533. The molecule has 0 bridgehead atoms. The zero-order chi connectivity index (χ0) is 15.2. The lowest BCUT2D eigenvalue weighted by Crippen LogP contribution is -2.67. The lowest BCUT2D eigenvalue weighted by molar-refractivity contribution is -0.182. The van der Waals surface area contributed by atoms with E-state index in [1.54, 1.807) is 7.11 Å². The van der Waals surface area contributed by atoms with Crippen molar-refractivity contribution in [2.45, 2.75) is 57.7 Å². The van der Waals surface area contributed by atoms with Gasteiger partial charge in [-0.15, -0.1) is 0 Å². The second kappa shape index (κ2) is 5.13. The summed E-state index contributed by atoms with van der Waals surface area (Å²) in [5.41, 5.74) is 0.751. The van der Waals surface area contributed by atoms with E-state index in [0.29, 0.717) is 17.8 Å². The summed E-state index contributed by atoms with van der Waals surface area (Å²) in [6, 6.07) is 2.39. The Morgan fingerprint density at radius 2 is 2.24 bits per heavy atom. The van der Waals surface area contributed by atoms with E-state index in [-0.39, 0.29) is 17.4 Å². The highest BCUT2D eigenvalue weighted by Crippen LogP contribution is 2.58. The Morgan fingerprint density at radius 1 is 1.52 bits per heavy atom. The lowest BCUT2D eigenvalue weighted by Gasteiger charge is -2.62. The van der Waals surface area contributed by atoms with E-state index in [1.807, 2.05) is 28.9 Å². The van der Waals surface area contributed by atoms with E-state index in [9.17, 15) is 4.79 Å². The molecule has 1 aromatic rings. The van der Waals surface area contributed by atoms with E-state index in [4.69, 9.17) is 4.74 Å². The van der Waals surface area contributed by atoms with E-state index < -0.39 is 0 Å². The minimum absolute atomic E-state index is 0.0280. The van der Waals surface area contributed by atoms with Crippen LogP contribution in [0.3, 0.4) is 0 Å². The first-order valence-electron chi connectivity index (χ1n) is 7.84. The van der Waals surface area contributed by atoms with Gasteiger partial charge in [0, 0.05) is 37.9 Å². The van der Waals surface area contributed by atoms with Crippen LogP contribution in [0.5, 0.6) is 0 Å². The van der Waals surface area contributed by atoms with Crippen LogP contribution in [0.1, 0.15) is 56.1 Å². The molecule has 21 heavy (non-hydrogen) atoms. The van der Waals surface area contributed by atoms with Gasteiger partial charge in [-0.05, 0) is 39.2 Å². The monoisotopic (exact) mass is 291 g/mol. The van der Waals surface area contributed by atoms with Crippen LogP contribution in [0.25, 0.3) is 0 Å². The highest BCUT2D eigenvalue weighted by molar-refractivity contribution is 5.92. The average molecular weight is 291 g/mol. The number of carbonyl (C=O) groups is 1. The van der Waals surface area contributed by atoms with Crippen LogP contribution in [0.2, 0.25) is 0 Å². The molecule has 3 rings (SSSR count). The van der Waals surface area contributed by atoms with Gasteiger partial charge in [0.1, 0.15) is 5.69 Å². The Balaban J connectivity index is 1.73. The van der Waals surface area contributed by atoms with Crippen molar-refractivity contribution in [3.8, 4) is 0 Å². The van der Waals surface area contributed by atoms with Crippen LogP contribution >= 0.6 is 0 Å². The summed E-state index contributed by atoms with van der Waals surface area (Å²) >= 11 is 0. The smallest absolute Gasteiger partial charge is 0.274 e. The van der Waals surface area contributed by atoms with Gasteiger partial charge in [0.05, 0.1) is 6.10 Å². The highest BCUT2D eigenvalue weighted by atomic mass is 16.5. The summed E-state index contributed by atoms with van der Waals surface area (Å²) in [6.45, 7) is 4.12. The van der Waals surface area contributed by atoms with Crippen LogP contribution in [0.4, 0.5) is 0 Å². The Labute approximate surface area is 126 Å². The van der Waals surface area contributed by atoms with Gasteiger partial charge in [-0.2, -0.15) is 5.10 Å². The molecule has 1 spiro atoms. The second-order valence-electron chi connectivity index (χ2n) is 6.75. The fourth-order valence-electron chi connectivity index (χ4n) is 3.90. The van der Waals surface area contributed by atoms with E-state index >= 15 is 0 Å². The van der Waals surface area contributed by atoms with Crippen molar-refractivity contribution < 1.29 is 9.53 Å². The Hall–Kier alpha value is -1.36. The maximum Gasteiger partial charge on any atom is 0.274 e. The number of carbonyl (C=O) groups excluding carboxylic acids is 1. The molecule has 2 fully saturated rings. The van der Waals surface area contributed by atoms with Gasteiger partial charge in [0.25, 0.3) is 5.91 Å². The molecule has 2 aliphatic rings. The fraction of sp³-hybridized carbons (Fsp3) is 0.750. The molecule has 0 aromatic carbocycles. The van der Waals surface area contributed by atoms with E-state index in [2.05, 4.69) is 18.9 Å². The van der Waals surface area contributed by atoms with E-state index in [0.717, 1.165) is 6.42 Å². The van der Waals surface area contributed by atoms with Crippen molar-refractivity contribution in [1.82, 2.24) is 14.7 Å². The van der Waals surface area contributed by atoms with Gasteiger partial charge >= 0.3 is 0 Å². The maximum atomic E-state index is 12.6. The van der Waals surface area contributed by atoms with Gasteiger partial charge in [-0.25, -0.2) is 0 Å². The first-order valence-corrected chi connectivity index (χ1v) is 7.84. The molecule has 2 saturated carbocycles. The summed E-state index contributed by atoms with van der Waals surface area (Å²) in [5, 5.41) is 4.40. The number of hydrogen-bond acceptors (Lipinski definition) is 3. The van der Waals surface area contributed by atoms with Gasteiger partial charge in [0.2, 0.25) is 0 Å². The van der Waals surface area contributed by atoms with Crippen molar-refractivity contribution in [2.24, 2.45) is 5.41 Å². The number of amides is 1. The van der Waals surface area contributed by atoms with Crippen molar-refractivity contribution in [3.63, 3.8) is 0 Å². The van der Waals surface area contributed by atoms with Gasteiger partial charge in [0.15, 0.2) is 0 Å². The average Bonchev–Trinajstić information content (AvgIpc) is 2.84. The maximum absolute atomic E-state index is 12.6. The molecule has 0 radical (unpaired) electrons. The third kappa shape index (κ3) is 2.09. The Morgan fingerprint density at radius 3 is 2.71 bits per heavy atom. The molecule has 116 valence electrons. The first-order chi connectivity index (χ1) is 9.99. The molecular formula is C16H25N3O2. The van der Waals surface area contributed by atoms with Gasteiger partial charge in [-0.1, -0.05) is 6.42 Å². The van der Waals surface area contributed by atoms with E-state index in [1.165, 1.54) is 19.3 Å². The Kier molecular flexibility index (Phi) is 3.56. The molecule has 5 heteroatoms. The summed E-state index contributed by atoms with van der Waals surface area (Å²) in [5.74, 6) is 0.0280. The third-order valence-corrected chi connectivity index (χ3v) is 5.46. The number of ether oxygens (including phenoxy) is 1. The summed E-state index contributed by atoms with van der Waals surface area (Å²) in [4.78, 5) is 14.5. The molecule has 1 aromatic heterocycles. The molecule has 0 N–H and O–H groups in total. The fourth-order valence-corrected chi connectivity index (χ4v) is 3.90. The standard InChI is InChI=1S/C16H25N3O2/c1-11(2)19-9-6-12(17-19)15(20)18(3)13-10-14(21-4)16(13)7-5-8-16/h6,9,11,13-14H,5,7-8,10H2,1-4H3/t13-,14+/m1/s1. The van der Waals surface area contributed by atoms with Gasteiger partial charge in [-0.3, -0.25) is 9.48 Å². The molecule has 2 aliphatic carbocycles. The van der Waals surface area contributed by atoms with Crippen molar-refractivity contribution in [3.05, 3.63) is 18.0 Å². The number of rotatable bonds is 4. The number of aromatic nitrogens is 2. The molecule has 0 saturated heterocycles. The normalized spacial score (nSPS) is 26.5. The zero-order valence-corrected chi connectivity index (χ0v) is 13.4. The molecule has 0 unspecified atom stereocenters. The summed E-state index contributed by atoms with van der Waals surface area (Å²) < 4.78 is 7.42. The summed E-state index contributed by atoms with van der Waals surface area (Å²) in [7, 11) is 3.69. The summed E-state index contributed by atoms with van der Waals surface area (Å²) in [6.07, 6.45) is 6.75. The SMILES string of the molecule is CO[C@H]1C[C@@H](N(C)C(=O)c2ccn(C(C)C)n2)C12CCC2. The van der Waals surface area contributed by atoms with Crippen LogP contribution in [-0.2, 0) is 4.74 Å². The molecule has 1 amide bonds. The van der Waals surface area contributed by atoms with Crippen LogP contribution < -0.4 is 0 Å². The number of nitrogens with zero attached hydrogens (tertiary/aromatic N) is 3. The topological polar surface area (TPSA) is 47.4 Å². The van der Waals surface area contributed by atoms with Crippen molar-refractivity contribution in [2.75, 3.05) is 14.2 Å². The van der Waals surface area contributed by atoms with Crippen LogP contribution in [0.15, 0.2) is 12.3 Å². The predicted octanol–water partition coefficient (Wildman–Crippen LogP) is 2.49. The van der Waals surface area contributed by atoms with Gasteiger partial charge < -0.3 is 9.64 Å². The molecule has 0 aliphatic heterocycles. The first kappa shape index (κ1) is 14.6. The molecule has 2 atom stereocenters. The van der Waals surface area contributed by atoms with Crippen molar-refractivity contribution >= 4 is 5.91 Å². The lowest BCUT2D eigenvalue weighted by atomic mass is 9.50.